The third-order valence-electron chi connectivity index (χ3n) is 4.24. The van der Waals surface area contributed by atoms with E-state index in [-0.39, 0.29) is 5.60 Å². The van der Waals surface area contributed by atoms with Crippen LogP contribution in [0.3, 0.4) is 0 Å². The molecule has 2 nitrogen and oxygen atoms in total. The molecule has 1 aromatic carbocycles. The number of carbonyl (C=O) groups is 1. The fraction of sp³-hybridized carbons (Fsp3) is 0.562. The van der Waals surface area contributed by atoms with E-state index in [1.807, 2.05) is 0 Å². The van der Waals surface area contributed by atoms with Crippen LogP contribution in [0.15, 0.2) is 6.07 Å². The number of aldehydes is 1. The van der Waals surface area contributed by atoms with Crippen LogP contribution in [0.4, 0.5) is 0 Å². The van der Waals surface area contributed by atoms with Gasteiger partial charge >= 0.3 is 0 Å². The van der Waals surface area contributed by atoms with Crippen molar-refractivity contribution in [2.75, 3.05) is 0 Å². The molecule has 0 amide bonds. The third kappa shape index (κ3) is 2.29. The van der Waals surface area contributed by atoms with E-state index in [0.29, 0.717) is 6.42 Å². The minimum absolute atomic E-state index is 0.180. The van der Waals surface area contributed by atoms with Crippen molar-refractivity contribution in [3.8, 4) is 5.75 Å². The predicted octanol–water partition coefficient (Wildman–Crippen LogP) is 3.67. The Kier molecular flexibility index (Phi) is 3.47. The molecule has 2 rings (SSSR count). The molecule has 1 aromatic rings. The first-order valence-corrected chi connectivity index (χ1v) is 6.69. The second-order valence-corrected chi connectivity index (χ2v) is 5.69. The average Bonchev–Trinajstić information content (AvgIpc) is 2.35. The number of ether oxygens (including phenoxy) is 1. The fourth-order valence-corrected chi connectivity index (χ4v) is 2.71. The van der Waals surface area contributed by atoms with E-state index in [4.69, 9.17) is 4.74 Å². The number of carbonyl (C=O) groups excluding carboxylic acids is 1. The molecule has 1 heterocycles. The van der Waals surface area contributed by atoms with Gasteiger partial charge in [-0.25, -0.2) is 0 Å². The second kappa shape index (κ2) is 4.75. The van der Waals surface area contributed by atoms with Crippen molar-refractivity contribution in [1.82, 2.24) is 0 Å². The van der Waals surface area contributed by atoms with Gasteiger partial charge in [0, 0.05) is 6.42 Å². The molecule has 98 valence electrons. The molecule has 1 atom stereocenters. The summed E-state index contributed by atoms with van der Waals surface area (Å²) in [4.78, 5) is 10.5. The lowest BCUT2D eigenvalue weighted by Crippen LogP contribution is -2.36. The topological polar surface area (TPSA) is 26.3 Å². The largest absolute Gasteiger partial charge is 0.487 e. The Morgan fingerprint density at radius 3 is 2.72 bits per heavy atom. The minimum Gasteiger partial charge on any atom is -0.487 e. The van der Waals surface area contributed by atoms with Crippen molar-refractivity contribution in [3.63, 3.8) is 0 Å². The maximum atomic E-state index is 10.5. The molecule has 0 aromatic heterocycles. The summed E-state index contributed by atoms with van der Waals surface area (Å²) in [6.07, 6.45) is 4.41. The highest BCUT2D eigenvalue weighted by atomic mass is 16.5. The van der Waals surface area contributed by atoms with Gasteiger partial charge in [-0.2, -0.15) is 0 Å². The van der Waals surface area contributed by atoms with Crippen LogP contribution in [0, 0.1) is 20.8 Å². The van der Waals surface area contributed by atoms with Crippen molar-refractivity contribution in [1.29, 1.82) is 0 Å². The summed E-state index contributed by atoms with van der Waals surface area (Å²) in [5.41, 5.74) is 5.04. The van der Waals surface area contributed by atoms with E-state index in [2.05, 4.69) is 33.8 Å². The molecule has 0 bridgehead atoms. The molecule has 0 spiro atoms. The SMILES string of the molecule is Cc1cc2c(c(C)c1C)O[C@](C)(CCC=O)CC2. The van der Waals surface area contributed by atoms with Crippen molar-refractivity contribution in [2.45, 2.75) is 59.0 Å². The number of hydrogen-bond acceptors (Lipinski definition) is 2. The van der Waals surface area contributed by atoms with Crippen LogP contribution in [-0.4, -0.2) is 11.9 Å². The van der Waals surface area contributed by atoms with Crippen molar-refractivity contribution >= 4 is 6.29 Å². The molecule has 0 unspecified atom stereocenters. The molecule has 18 heavy (non-hydrogen) atoms. The highest BCUT2D eigenvalue weighted by Gasteiger charge is 2.32. The molecule has 0 radical (unpaired) electrons. The number of hydrogen-bond donors (Lipinski definition) is 0. The van der Waals surface area contributed by atoms with Gasteiger partial charge in [-0.1, -0.05) is 6.07 Å². The Hall–Kier alpha value is -1.31. The summed E-state index contributed by atoms with van der Waals surface area (Å²) in [6.45, 7) is 8.55. The normalized spacial score (nSPS) is 22.2. The average molecular weight is 246 g/mol. The van der Waals surface area contributed by atoms with E-state index in [1.165, 1.54) is 22.3 Å². The maximum Gasteiger partial charge on any atom is 0.126 e. The van der Waals surface area contributed by atoms with Gasteiger partial charge in [0.25, 0.3) is 0 Å². The van der Waals surface area contributed by atoms with Crippen LogP contribution in [0.5, 0.6) is 5.75 Å². The van der Waals surface area contributed by atoms with E-state index in [0.717, 1.165) is 31.3 Å². The molecule has 1 aliphatic heterocycles. The lowest BCUT2D eigenvalue weighted by molar-refractivity contribution is -0.108. The van der Waals surface area contributed by atoms with E-state index in [9.17, 15) is 4.79 Å². The van der Waals surface area contributed by atoms with Gasteiger partial charge in [-0.3, -0.25) is 0 Å². The van der Waals surface area contributed by atoms with E-state index < -0.39 is 0 Å². The molecule has 2 heteroatoms. The lowest BCUT2D eigenvalue weighted by atomic mass is 9.86. The summed E-state index contributed by atoms with van der Waals surface area (Å²) < 4.78 is 6.23. The predicted molar refractivity (Wildman–Crippen MR) is 73.3 cm³/mol. The fourth-order valence-electron chi connectivity index (χ4n) is 2.71. The molecule has 0 aliphatic carbocycles. The number of aryl methyl sites for hydroxylation is 2. The first-order valence-electron chi connectivity index (χ1n) is 6.69. The highest BCUT2D eigenvalue weighted by molar-refractivity contribution is 5.51. The first-order chi connectivity index (χ1) is 8.47. The Balaban J connectivity index is 2.34. The van der Waals surface area contributed by atoms with Gasteiger partial charge in [0.15, 0.2) is 0 Å². The Bertz CT molecular complexity index is 476. The molecule has 0 saturated carbocycles. The highest BCUT2D eigenvalue weighted by Crippen LogP contribution is 2.39. The van der Waals surface area contributed by atoms with Gasteiger partial charge in [0.2, 0.25) is 0 Å². The molecule has 0 saturated heterocycles. The Labute approximate surface area is 109 Å². The van der Waals surface area contributed by atoms with E-state index in [1.54, 1.807) is 0 Å². The first kappa shape index (κ1) is 13.1. The number of fused-ring (bicyclic) bond motifs is 1. The van der Waals surface area contributed by atoms with E-state index >= 15 is 0 Å². The van der Waals surface area contributed by atoms with Crippen molar-refractivity contribution < 1.29 is 9.53 Å². The van der Waals surface area contributed by atoms with Crippen LogP contribution in [0.25, 0.3) is 0 Å². The second-order valence-electron chi connectivity index (χ2n) is 5.69. The summed E-state index contributed by atoms with van der Waals surface area (Å²) in [6, 6.07) is 2.25. The van der Waals surface area contributed by atoms with Crippen LogP contribution >= 0.6 is 0 Å². The molecule has 0 fully saturated rings. The zero-order valence-corrected chi connectivity index (χ0v) is 11.8. The summed E-state index contributed by atoms with van der Waals surface area (Å²) in [5, 5.41) is 0. The Morgan fingerprint density at radius 1 is 1.33 bits per heavy atom. The molecule has 0 N–H and O–H groups in total. The molecular weight excluding hydrogens is 224 g/mol. The van der Waals surface area contributed by atoms with Crippen LogP contribution in [0.2, 0.25) is 0 Å². The van der Waals surface area contributed by atoms with Crippen LogP contribution in [0.1, 0.15) is 48.4 Å². The van der Waals surface area contributed by atoms with Gasteiger partial charge in [-0.05, 0) is 69.2 Å². The van der Waals surface area contributed by atoms with Gasteiger partial charge in [-0.15, -0.1) is 0 Å². The maximum absolute atomic E-state index is 10.5. The van der Waals surface area contributed by atoms with Crippen LogP contribution < -0.4 is 4.74 Å². The monoisotopic (exact) mass is 246 g/mol. The zero-order chi connectivity index (χ0) is 13.3. The van der Waals surface area contributed by atoms with Crippen LogP contribution in [-0.2, 0) is 11.2 Å². The lowest BCUT2D eigenvalue weighted by Gasteiger charge is -2.37. The summed E-state index contributed by atoms with van der Waals surface area (Å²) >= 11 is 0. The minimum atomic E-state index is -0.180. The molecule has 1 aliphatic rings. The Morgan fingerprint density at radius 2 is 2.06 bits per heavy atom. The van der Waals surface area contributed by atoms with Gasteiger partial charge < -0.3 is 9.53 Å². The zero-order valence-electron chi connectivity index (χ0n) is 11.8. The molecular formula is C16H22O2. The number of benzene rings is 1. The smallest absolute Gasteiger partial charge is 0.126 e. The number of rotatable bonds is 3. The summed E-state index contributed by atoms with van der Waals surface area (Å²) in [7, 11) is 0. The third-order valence-corrected chi connectivity index (χ3v) is 4.24. The van der Waals surface area contributed by atoms with Crippen molar-refractivity contribution in [2.24, 2.45) is 0 Å². The van der Waals surface area contributed by atoms with Gasteiger partial charge in [0.1, 0.15) is 17.6 Å². The van der Waals surface area contributed by atoms with Crippen molar-refractivity contribution in [3.05, 3.63) is 28.3 Å². The quantitative estimate of drug-likeness (QED) is 0.761. The standard InChI is InChI=1S/C16H22O2/c1-11-10-14-6-8-16(4,7-5-9-17)18-15(14)13(3)12(11)2/h9-10H,5-8H2,1-4H3/t16-/m1/s1. The van der Waals surface area contributed by atoms with Gasteiger partial charge in [0.05, 0.1) is 0 Å². The summed E-state index contributed by atoms with van der Waals surface area (Å²) in [5.74, 6) is 1.05.